The molecule has 1 aromatic rings. The van der Waals surface area contributed by atoms with Gasteiger partial charge in [0, 0.05) is 6.61 Å². The van der Waals surface area contributed by atoms with Crippen LogP contribution in [0.15, 0.2) is 12.1 Å². The summed E-state index contributed by atoms with van der Waals surface area (Å²) in [6.45, 7) is 13.2. The molecule has 0 aliphatic carbocycles. The fourth-order valence-electron chi connectivity index (χ4n) is 3.73. The second kappa shape index (κ2) is 19.5. The summed E-state index contributed by atoms with van der Waals surface area (Å²) in [5.74, 6) is 0.396. The van der Waals surface area contributed by atoms with Gasteiger partial charge in [0.2, 0.25) is 6.79 Å². The summed E-state index contributed by atoms with van der Waals surface area (Å²) >= 11 is 0. The highest BCUT2D eigenvalue weighted by Crippen LogP contribution is 2.35. The average Bonchev–Trinajstić information content (AvgIpc) is 3.29. The molecule has 0 spiro atoms. The highest BCUT2D eigenvalue weighted by molar-refractivity contribution is 6.01. The second-order valence-corrected chi connectivity index (χ2v) is 8.51. The third-order valence-corrected chi connectivity index (χ3v) is 6.15. The van der Waals surface area contributed by atoms with Gasteiger partial charge in [0.25, 0.3) is 0 Å². The van der Waals surface area contributed by atoms with Gasteiger partial charge in [-0.1, -0.05) is 40.5 Å². The number of carbonyl (C=O) groups is 2. The zero-order chi connectivity index (χ0) is 26.1. The molecule has 8 nitrogen and oxygen atoms in total. The molecule has 36 heavy (non-hydrogen) atoms. The van der Waals surface area contributed by atoms with Gasteiger partial charge in [-0.25, -0.2) is 0 Å². The Bertz CT molecular complexity index is 748. The molecule has 0 unspecified atom stereocenters. The van der Waals surface area contributed by atoms with E-state index in [9.17, 15) is 9.59 Å². The summed E-state index contributed by atoms with van der Waals surface area (Å²) in [4.78, 5) is 21.7. The van der Waals surface area contributed by atoms with Crippen LogP contribution in [-0.4, -0.2) is 74.0 Å². The van der Waals surface area contributed by atoms with Gasteiger partial charge in [-0.15, -0.1) is 0 Å². The van der Waals surface area contributed by atoms with E-state index in [0.29, 0.717) is 52.7 Å². The second-order valence-electron chi connectivity index (χ2n) is 8.51. The lowest BCUT2D eigenvalue weighted by Crippen LogP contribution is -2.36. The molecule has 1 aliphatic heterocycles. The first kappa shape index (κ1) is 34.4. The van der Waals surface area contributed by atoms with E-state index in [2.05, 4.69) is 19.9 Å². The Morgan fingerprint density at radius 3 is 1.83 bits per heavy atom. The number of benzene rings is 1. The average molecular weight is 527 g/mol. The van der Waals surface area contributed by atoms with Gasteiger partial charge < -0.3 is 28.8 Å². The van der Waals surface area contributed by atoms with Crippen LogP contribution in [0.5, 0.6) is 11.5 Å². The standard InChI is InChI=1S/C19H30O5.C8H14O3.Al.3H/c1-3-5-7-20-8-9-21-10-11-22-14-17-13-19-18(23-15-24-19)12-16(17)6-4-2;1-4-8(5-2,6(3)9)7(10)11;;;;/h12-13H,3-11,14-15H2,1-2H3;4-5H2,1-3H3,(H,10,11);;;;. The number of rotatable bonds is 17. The number of ketones is 1. The van der Waals surface area contributed by atoms with Crippen molar-refractivity contribution >= 4 is 29.1 Å². The van der Waals surface area contributed by atoms with Crippen molar-refractivity contribution in [2.75, 3.05) is 39.8 Å². The van der Waals surface area contributed by atoms with Crippen molar-refractivity contribution in [3.05, 3.63) is 23.3 Å². The van der Waals surface area contributed by atoms with Gasteiger partial charge in [0.1, 0.15) is 11.2 Å². The van der Waals surface area contributed by atoms with E-state index in [1.165, 1.54) is 18.1 Å². The van der Waals surface area contributed by atoms with E-state index in [-0.39, 0.29) is 23.1 Å². The predicted octanol–water partition coefficient (Wildman–Crippen LogP) is 4.00. The number of hydrogen-bond donors (Lipinski definition) is 1. The summed E-state index contributed by atoms with van der Waals surface area (Å²) < 4.78 is 27.6. The van der Waals surface area contributed by atoms with Gasteiger partial charge in [-0.05, 0) is 55.9 Å². The fraction of sp³-hybridized carbons (Fsp3) is 0.704. The zero-order valence-electron chi connectivity index (χ0n) is 22.2. The number of unbranched alkanes of at least 4 members (excludes halogenated alkanes) is 1. The quantitative estimate of drug-likeness (QED) is 0.185. The Kier molecular flexibility index (Phi) is 18.6. The van der Waals surface area contributed by atoms with Crippen LogP contribution < -0.4 is 9.47 Å². The summed E-state index contributed by atoms with van der Waals surface area (Å²) in [5.41, 5.74) is 1.30. The number of aliphatic carboxylic acids is 1. The van der Waals surface area contributed by atoms with E-state index in [0.717, 1.165) is 43.8 Å². The Morgan fingerprint density at radius 1 is 0.861 bits per heavy atom. The van der Waals surface area contributed by atoms with Crippen molar-refractivity contribution < 1.29 is 38.4 Å². The van der Waals surface area contributed by atoms with Crippen molar-refractivity contribution in [3.8, 4) is 11.5 Å². The summed E-state index contributed by atoms with van der Waals surface area (Å²) in [6, 6.07) is 4.12. The number of Topliss-reactive ketones (excluding diaryl/α,β-unsaturated/α-hetero) is 1. The zero-order valence-corrected chi connectivity index (χ0v) is 22.2. The predicted molar refractivity (Wildman–Crippen MR) is 144 cm³/mol. The Morgan fingerprint density at radius 2 is 1.39 bits per heavy atom. The van der Waals surface area contributed by atoms with E-state index in [1.807, 2.05) is 6.07 Å². The first-order valence-corrected chi connectivity index (χ1v) is 12.7. The monoisotopic (exact) mass is 526 g/mol. The molecule has 0 saturated heterocycles. The first-order chi connectivity index (χ1) is 16.9. The molecule has 9 heteroatoms. The van der Waals surface area contributed by atoms with Gasteiger partial charge in [-0.2, -0.15) is 0 Å². The van der Waals surface area contributed by atoms with E-state index in [4.69, 9.17) is 28.8 Å². The minimum atomic E-state index is -1.14. The third-order valence-electron chi connectivity index (χ3n) is 6.15. The highest BCUT2D eigenvalue weighted by atomic mass is 27.0. The van der Waals surface area contributed by atoms with Crippen LogP contribution in [0.3, 0.4) is 0 Å². The van der Waals surface area contributed by atoms with Crippen molar-refractivity contribution in [3.63, 3.8) is 0 Å². The minimum Gasteiger partial charge on any atom is -0.480 e. The molecule has 206 valence electrons. The number of carbonyl (C=O) groups excluding carboxylic acids is 1. The Hall–Kier alpha value is -1.63. The fourth-order valence-corrected chi connectivity index (χ4v) is 3.73. The molecule has 2 rings (SSSR count). The molecule has 1 aromatic carbocycles. The number of ether oxygens (including phenoxy) is 5. The van der Waals surface area contributed by atoms with Crippen molar-refractivity contribution in [1.29, 1.82) is 0 Å². The van der Waals surface area contributed by atoms with Crippen LogP contribution in [0.25, 0.3) is 0 Å². The minimum absolute atomic E-state index is 0. The molecule has 0 fully saturated rings. The molecule has 1 N–H and O–H groups in total. The van der Waals surface area contributed by atoms with Crippen LogP contribution in [0.4, 0.5) is 0 Å². The van der Waals surface area contributed by atoms with Crippen LogP contribution >= 0.6 is 0 Å². The largest absolute Gasteiger partial charge is 0.480 e. The summed E-state index contributed by atoms with van der Waals surface area (Å²) in [7, 11) is 0. The molecule has 1 heterocycles. The van der Waals surface area contributed by atoms with Crippen molar-refractivity contribution in [1.82, 2.24) is 0 Å². The molecular weight excluding hydrogens is 479 g/mol. The lowest BCUT2D eigenvalue weighted by atomic mass is 9.79. The van der Waals surface area contributed by atoms with E-state index in [1.54, 1.807) is 13.8 Å². The molecule has 0 atom stereocenters. The molecular formula is C27H47AlO8. The first-order valence-electron chi connectivity index (χ1n) is 12.7. The maximum atomic E-state index is 11.0. The highest BCUT2D eigenvalue weighted by Gasteiger charge is 2.39. The summed E-state index contributed by atoms with van der Waals surface area (Å²) in [6.07, 6.45) is 5.12. The number of carboxylic acid groups (broad SMARTS) is 1. The van der Waals surface area contributed by atoms with E-state index < -0.39 is 11.4 Å². The molecule has 0 bridgehead atoms. The molecule has 0 amide bonds. The van der Waals surface area contributed by atoms with Gasteiger partial charge in [-0.3, -0.25) is 9.59 Å². The number of aryl methyl sites for hydroxylation is 1. The molecule has 0 saturated carbocycles. The molecule has 0 radical (unpaired) electrons. The topological polar surface area (TPSA) is 101 Å². The Balaban J connectivity index is 0.000000869. The normalized spacial score (nSPS) is 11.9. The lowest BCUT2D eigenvalue weighted by molar-refractivity contribution is -0.154. The smallest absolute Gasteiger partial charge is 0.317 e. The van der Waals surface area contributed by atoms with Crippen LogP contribution in [-0.2, 0) is 36.8 Å². The van der Waals surface area contributed by atoms with Crippen molar-refractivity contribution in [2.24, 2.45) is 5.41 Å². The Labute approximate surface area is 227 Å². The lowest BCUT2D eigenvalue weighted by Gasteiger charge is -2.22. The van der Waals surface area contributed by atoms with Crippen LogP contribution in [0.1, 0.15) is 77.8 Å². The van der Waals surface area contributed by atoms with Crippen LogP contribution in [0, 0.1) is 5.41 Å². The van der Waals surface area contributed by atoms with E-state index >= 15 is 0 Å². The SMILES string of the molecule is CCC(CC)(C(C)=O)C(=O)O.CCCCOCCOCCOCc1cc2c(cc1CCC)OCO2.[AlH3]. The van der Waals surface area contributed by atoms with Crippen LogP contribution in [0.2, 0.25) is 0 Å². The van der Waals surface area contributed by atoms with Gasteiger partial charge in [0.15, 0.2) is 28.9 Å². The van der Waals surface area contributed by atoms with Gasteiger partial charge in [0.05, 0.1) is 33.0 Å². The van der Waals surface area contributed by atoms with Crippen molar-refractivity contribution in [2.45, 2.75) is 79.8 Å². The summed E-state index contributed by atoms with van der Waals surface area (Å²) in [5, 5.41) is 8.77. The maximum absolute atomic E-state index is 11.0. The number of carboxylic acids is 1. The molecule has 0 aromatic heterocycles. The van der Waals surface area contributed by atoms with Gasteiger partial charge >= 0.3 is 5.97 Å². The molecule has 1 aliphatic rings. The maximum Gasteiger partial charge on any atom is 0.317 e. The third kappa shape index (κ3) is 11.2. The number of fused-ring (bicyclic) bond motifs is 1. The number of hydrogen-bond acceptors (Lipinski definition) is 7.